The van der Waals surface area contributed by atoms with Gasteiger partial charge < -0.3 is 4.57 Å². The van der Waals surface area contributed by atoms with Crippen LogP contribution in [-0.4, -0.2) is 31.5 Å². The summed E-state index contributed by atoms with van der Waals surface area (Å²) >= 11 is 1.38. The van der Waals surface area contributed by atoms with E-state index in [9.17, 15) is 4.79 Å². The monoisotopic (exact) mass is 433 g/mol. The number of hydrazone groups is 1. The standard InChI is InChI=1S/C24H27N5OS/c1-6-17-7-9-19(10-8-17)28-15(4)12-18(16(28)5)13-20-22(25)29-24(26-23(20)30)31-21(27-29)11-14(2)3/h7-10,12-14,25H,6,11H2,1-5H3. The molecule has 1 amide bonds. The van der Waals surface area contributed by atoms with E-state index in [0.29, 0.717) is 11.1 Å². The van der Waals surface area contributed by atoms with E-state index in [0.717, 1.165) is 40.5 Å². The van der Waals surface area contributed by atoms with Crippen LogP contribution >= 0.6 is 11.8 Å². The highest BCUT2D eigenvalue weighted by Crippen LogP contribution is 2.31. The third-order valence-electron chi connectivity index (χ3n) is 5.45. The minimum absolute atomic E-state index is 0.0818. The molecule has 0 aliphatic carbocycles. The molecule has 0 unspecified atom stereocenters. The van der Waals surface area contributed by atoms with E-state index in [1.54, 1.807) is 6.08 Å². The lowest BCUT2D eigenvalue weighted by Crippen LogP contribution is -2.35. The van der Waals surface area contributed by atoms with Gasteiger partial charge in [0.1, 0.15) is 5.04 Å². The van der Waals surface area contributed by atoms with Gasteiger partial charge in [0.25, 0.3) is 5.91 Å². The van der Waals surface area contributed by atoms with Crippen molar-refractivity contribution in [2.45, 2.75) is 47.5 Å². The average molecular weight is 434 g/mol. The van der Waals surface area contributed by atoms with Gasteiger partial charge in [-0.1, -0.05) is 32.9 Å². The first-order valence-electron chi connectivity index (χ1n) is 10.6. The van der Waals surface area contributed by atoms with Crippen molar-refractivity contribution in [2.24, 2.45) is 16.0 Å². The fraction of sp³-hybridized carbons (Fsp3) is 0.333. The van der Waals surface area contributed by atoms with Gasteiger partial charge in [-0.2, -0.15) is 15.1 Å². The zero-order chi connectivity index (χ0) is 22.3. The normalized spacial score (nSPS) is 17.5. The molecule has 4 rings (SSSR count). The van der Waals surface area contributed by atoms with Crippen molar-refractivity contribution < 1.29 is 4.79 Å². The summed E-state index contributed by atoms with van der Waals surface area (Å²) < 4.78 is 2.17. The maximum absolute atomic E-state index is 12.7. The third kappa shape index (κ3) is 4.02. The summed E-state index contributed by atoms with van der Waals surface area (Å²) in [7, 11) is 0. The van der Waals surface area contributed by atoms with Gasteiger partial charge in [-0.3, -0.25) is 10.2 Å². The Labute approximate surface area is 187 Å². The number of hydrogen-bond acceptors (Lipinski definition) is 4. The van der Waals surface area contributed by atoms with Crippen LogP contribution in [-0.2, 0) is 11.2 Å². The Kier molecular flexibility index (Phi) is 5.71. The Hall–Kier alpha value is -2.93. The fourth-order valence-corrected chi connectivity index (χ4v) is 4.93. The SMILES string of the molecule is CCc1ccc(-n2c(C)cc(C=C3C(=N)N4N=C(CC(C)C)SC4=NC3=O)c2C)cc1. The van der Waals surface area contributed by atoms with Crippen molar-refractivity contribution >= 4 is 39.8 Å². The first-order chi connectivity index (χ1) is 14.8. The summed E-state index contributed by atoms with van der Waals surface area (Å²) in [4.78, 5) is 16.9. The quantitative estimate of drug-likeness (QED) is 0.648. The smallest absolute Gasteiger partial charge is 0.283 e. The average Bonchev–Trinajstić information content (AvgIpc) is 3.24. The van der Waals surface area contributed by atoms with E-state index in [-0.39, 0.29) is 17.3 Å². The molecule has 6 nitrogen and oxygen atoms in total. The molecule has 2 aromatic rings. The second kappa shape index (κ2) is 8.30. The number of benzene rings is 1. The van der Waals surface area contributed by atoms with Crippen molar-refractivity contribution in [3.63, 3.8) is 0 Å². The number of hydrogen-bond donors (Lipinski definition) is 1. The Morgan fingerprint density at radius 3 is 2.55 bits per heavy atom. The number of aliphatic imine (C=N–C) groups is 1. The van der Waals surface area contributed by atoms with Gasteiger partial charge in [-0.15, -0.1) is 0 Å². The van der Waals surface area contributed by atoms with E-state index in [1.807, 2.05) is 19.9 Å². The van der Waals surface area contributed by atoms with Crippen molar-refractivity contribution in [2.75, 3.05) is 0 Å². The maximum Gasteiger partial charge on any atom is 0.283 e. The highest BCUT2D eigenvalue weighted by Gasteiger charge is 2.35. The lowest BCUT2D eigenvalue weighted by molar-refractivity contribution is -0.114. The van der Waals surface area contributed by atoms with Crippen molar-refractivity contribution in [1.82, 2.24) is 9.58 Å². The van der Waals surface area contributed by atoms with Crippen LogP contribution in [0.4, 0.5) is 0 Å². The molecule has 0 radical (unpaired) electrons. The second-order valence-electron chi connectivity index (χ2n) is 8.29. The molecule has 1 N–H and O–H groups in total. The summed E-state index contributed by atoms with van der Waals surface area (Å²) in [5.74, 6) is 0.144. The van der Waals surface area contributed by atoms with Gasteiger partial charge in [0.15, 0.2) is 5.84 Å². The predicted molar refractivity (Wildman–Crippen MR) is 129 cm³/mol. The van der Waals surface area contributed by atoms with Gasteiger partial charge in [0.2, 0.25) is 5.17 Å². The molecule has 0 fully saturated rings. The molecule has 3 heterocycles. The number of nitrogens with one attached hydrogen (secondary N) is 1. The van der Waals surface area contributed by atoms with Crippen LogP contribution in [0.2, 0.25) is 0 Å². The number of amides is 1. The highest BCUT2D eigenvalue weighted by molar-refractivity contribution is 8.26. The van der Waals surface area contributed by atoms with E-state index >= 15 is 0 Å². The molecule has 0 saturated carbocycles. The molecular formula is C24H27N5OS. The summed E-state index contributed by atoms with van der Waals surface area (Å²) in [5.41, 5.74) is 5.64. The molecule has 2 aliphatic heterocycles. The van der Waals surface area contributed by atoms with Crippen LogP contribution in [0, 0.1) is 25.2 Å². The number of carbonyl (C=O) groups excluding carboxylic acids is 1. The molecule has 1 aromatic carbocycles. The Morgan fingerprint density at radius 2 is 1.90 bits per heavy atom. The molecular weight excluding hydrogens is 406 g/mol. The molecule has 2 aliphatic rings. The summed E-state index contributed by atoms with van der Waals surface area (Å²) in [6, 6.07) is 10.6. The number of aryl methyl sites for hydroxylation is 2. The predicted octanol–water partition coefficient (Wildman–Crippen LogP) is 5.32. The van der Waals surface area contributed by atoms with Gasteiger partial charge in [-0.05, 0) is 73.4 Å². The Morgan fingerprint density at radius 1 is 1.19 bits per heavy atom. The van der Waals surface area contributed by atoms with Crippen LogP contribution in [0.25, 0.3) is 11.8 Å². The molecule has 31 heavy (non-hydrogen) atoms. The summed E-state index contributed by atoms with van der Waals surface area (Å²) in [6.07, 6.45) is 3.58. The third-order valence-corrected chi connectivity index (χ3v) is 6.38. The van der Waals surface area contributed by atoms with Crippen LogP contribution in [0.1, 0.15) is 49.7 Å². The molecule has 0 atom stereocenters. The number of nitrogens with zero attached hydrogens (tertiary/aromatic N) is 4. The maximum atomic E-state index is 12.7. The van der Waals surface area contributed by atoms with Crippen molar-refractivity contribution in [3.05, 3.63) is 58.4 Å². The molecule has 7 heteroatoms. The second-order valence-corrected chi connectivity index (χ2v) is 9.33. The van der Waals surface area contributed by atoms with Gasteiger partial charge in [0.05, 0.1) is 5.57 Å². The van der Waals surface area contributed by atoms with Crippen LogP contribution in [0.5, 0.6) is 0 Å². The summed E-state index contributed by atoms with van der Waals surface area (Å²) in [5, 5.41) is 16.0. The zero-order valence-corrected chi connectivity index (χ0v) is 19.4. The first kappa shape index (κ1) is 21.3. The molecule has 0 saturated heterocycles. The van der Waals surface area contributed by atoms with Gasteiger partial charge in [0, 0.05) is 23.5 Å². The summed E-state index contributed by atoms with van der Waals surface area (Å²) in [6.45, 7) is 10.5. The van der Waals surface area contributed by atoms with Crippen LogP contribution < -0.4 is 0 Å². The van der Waals surface area contributed by atoms with Crippen molar-refractivity contribution in [1.29, 1.82) is 5.41 Å². The molecule has 0 spiro atoms. The minimum Gasteiger partial charge on any atom is -0.318 e. The number of fused-ring (bicyclic) bond motifs is 1. The molecule has 1 aromatic heterocycles. The lowest BCUT2D eigenvalue weighted by Gasteiger charge is -2.20. The molecule has 160 valence electrons. The number of carbonyl (C=O) groups is 1. The first-order valence-corrected chi connectivity index (χ1v) is 11.4. The zero-order valence-electron chi connectivity index (χ0n) is 18.6. The van der Waals surface area contributed by atoms with E-state index < -0.39 is 0 Å². The van der Waals surface area contributed by atoms with E-state index in [1.165, 1.54) is 22.3 Å². The minimum atomic E-state index is -0.387. The Bertz CT molecular complexity index is 1150. The number of rotatable bonds is 5. The molecule has 0 bridgehead atoms. The van der Waals surface area contributed by atoms with Crippen LogP contribution in [0.15, 0.2) is 46.0 Å². The number of aromatic nitrogens is 1. The van der Waals surface area contributed by atoms with E-state index in [4.69, 9.17) is 5.41 Å². The number of amidine groups is 2. The number of thioether (sulfide) groups is 1. The topological polar surface area (TPSA) is 73.8 Å². The van der Waals surface area contributed by atoms with Gasteiger partial charge >= 0.3 is 0 Å². The lowest BCUT2D eigenvalue weighted by atomic mass is 10.1. The van der Waals surface area contributed by atoms with Crippen molar-refractivity contribution in [3.8, 4) is 5.69 Å². The fourth-order valence-electron chi connectivity index (χ4n) is 3.83. The van der Waals surface area contributed by atoms with E-state index in [2.05, 4.69) is 59.7 Å². The highest BCUT2D eigenvalue weighted by atomic mass is 32.2. The van der Waals surface area contributed by atoms with Gasteiger partial charge in [-0.25, -0.2) is 0 Å². The largest absolute Gasteiger partial charge is 0.318 e. The van der Waals surface area contributed by atoms with Crippen LogP contribution in [0.3, 0.4) is 0 Å². The Balaban J connectivity index is 1.68.